The van der Waals surface area contributed by atoms with Gasteiger partial charge in [-0.3, -0.25) is 0 Å². The summed E-state index contributed by atoms with van der Waals surface area (Å²) in [4.78, 5) is 2.32. The second-order valence-electron chi connectivity index (χ2n) is 12.2. The van der Waals surface area contributed by atoms with Gasteiger partial charge in [0, 0.05) is 46.3 Å². The maximum Gasteiger partial charge on any atom is 0.178 e. The molecule has 1 fully saturated rings. The Bertz CT molecular complexity index is 1920. The molecule has 1 atom stereocenters. The van der Waals surface area contributed by atoms with Crippen LogP contribution in [0.1, 0.15) is 41.7 Å². The molecule has 5 aromatic carbocycles. The fraction of sp³-hybridized carbons (Fsp3) is 0.211. The van der Waals surface area contributed by atoms with Gasteiger partial charge in [-0.1, -0.05) is 74.5 Å². The highest BCUT2D eigenvalue weighted by Gasteiger charge is 2.44. The average molecular weight is 572 g/mol. The van der Waals surface area contributed by atoms with Crippen molar-refractivity contribution in [2.75, 3.05) is 31.2 Å². The Morgan fingerprint density at radius 2 is 1.40 bits per heavy atom. The molecule has 0 amide bonds. The van der Waals surface area contributed by atoms with Gasteiger partial charge in [0.05, 0.1) is 13.2 Å². The number of halogens is 2. The third-order valence-electron chi connectivity index (χ3n) is 9.45. The van der Waals surface area contributed by atoms with Gasteiger partial charge in [-0.15, -0.1) is 0 Å². The molecule has 0 spiro atoms. The fourth-order valence-electron chi connectivity index (χ4n) is 7.32. The molecule has 1 aliphatic carbocycles. The zero-order valence-corrected chi connectivity index (χ0v) is 24.2. The smallest absolute Gasteiger partial charge is 0.178 e. The first-order chi connectivity index (χ1) is 20.9. The predicted octanol–water partition coefficient (Wildman–Crippen LogP) is 8.61. The lowest BCUT2D eigenvalue weighted by Crippen LogP contribution is -2.37. The molecule has 5 aromatic rings. The molecule has 214 valence electrons. The number of nitrogens with zero attached hydrogens (tertiary/aromatic N) is 1. The predicted molar refractivity (Wildman–Crippen MR) is 168 cm³/mol. The average Bonchev–Trinajstić information content (AvgIpc) is 3.28. The summed E-state index contributed by atoms with van der Waals surface area (Å²) < 4.78 is 41.5. The Hall–Kier alpha value is -4.48. The van der Waals surface area contributed by atoms with Gasteiger partial charge in [0.25, 0.3) is 0 Å². The van der Waals surface area contributed by atoms with Gasteiger partial charge < -0.3 is 14.4 Å². The summed E-state index contributed by atoms with van der Waals surface area (Å²) in [5.41, 5.74) is 6.80. The molecule has 8 rings (SSSR count). The highest BCUT2D eigenvalue weighted by molar-refractivity contribution is 6.08. The minimum Gasteiger partial charge on any atom is -0.472 e. The number of fused-ring (bicyclic) bond motifs is 8. The van der Waals surface area contributed by atoms with Crippen molar-refractivity contribution in [1.29, 1.82) is 0 Å². The summed E-state index contributed by atoms with van der Waals surface area (Å²) in [5, 5.41) is 2.06. The molecule has 0 bridgehead atoms. The SMILES string of the molecule is CC1(C)c2cc(F)ccc2-c2c1c1c(c3ccccc23)OC(c2ccc(F)cc2)(c2ccc(N3CCOCC3)cc2)C=C1. The molecule has 1 unspecified atom stereocenters. The molecule has 0 saturated carbocycles. The summed E-state index contributed by atoms with van der Waals surface area (Å²) in [6, 6.07) is 28.5. The molecule has 3 aliphatic rings. The fourth-order valence-corrected chi connectivity index (χ4v) is 7.32. The number of hydrogen-bond acceptors (Lipinski definition) is 3. The lowest BCUT2D eigenvalue weighted by Gasteiger charge is -2.38. The molecule has 1 saturated heterocycles. The minimum absolute atomic E-state index is 0.236. The molecule has 3 nitrogen and oxygen atoms in total. The molecule has 2 heterocycles. The monoisotopic (exact) mass is 571 g/mol. The van der Waals surface area contributed by atoms with Crippen molar-refractivity contribution in [1.82, 2.24) is 0 Å². The second-order valence-corrected chi connectivity index (χ2v) is 12.2. The van der Waals surface area contributed by atoms with E-state index in [0.717, 1.165) is 74.2 Å². The first-order valence-electron chi connectivity index (χ1n) is 14.8. The maximum atomic E-state index is 14.6. The first kappa shape index (κ1) is 26.2. The van der Waals surface area contributed by atoms with Crippen molar-refractivity contribution < 1.29 is 18.3 Å². The Balaban J connectivity index is 1.35. The summed E-state index contributed by atoms with van der Waals surface area (Å²) in [5.74, 6) is 0.247. The van der Waals surface area contributed by atoms with Gasteiger partial charge in [0.15, 0.2) is 5.60 Å². The Labute approximate surface area is 250 Å². The highest BCUT2D eigenvalue weighted by atomic mass is 19.1. The topological polar surface area (TPSA) is 21.7 Å². The standard InChI is InChI=1S/C38H31F2NO2/c1-37(2)33-23-27(40)13-16-31(33)34-29-5-3-4-6-30(29)36-32(35(34)37)17-18-38(43-36,24-7-11-26(39)12-8-24)25-9-14-28(15-10-25)41-19-21-42-22-20-41/h3-18,23H,19-22H2,1-2H3. The van der Waals surface area contributed by atoms with Gasteiger partial charge in [0.1, 0.15) is 17.4 Å². The largest absolute Gasteiger partial charge is 0.472 e. The summed E-state index contributed by atoms with van der Waals surface area (Å²) in [7, 11) is 0. The summed E-state index contributed by atoms with van der Waals surface area (Å²) in [6.45, 7) is 7.46. The molecule has 0 radical (unpaired) electrons. The van der Waals surface area contributed by atoms with E-state index in [1.807, 2.05) is 18.2 Å². The van der Waals surface area contributed by atoms with Gasteiger partial charge in [-0.05, 0) is 70.1 Å². The van der Waals surface area contributed by atoms with Gasteiger partial charge >= 0.3 is 0 Å². The molecule has 2 aliphatic heterocycles. The lowest BCUT2D eigenvalue weighted by atomic mass is 9.77. The van der Waals surface area contributed by atoms with Gasteiger partial charge in [-0.2, -0.15) is 0 Å². The highest BCUT2D eigenvalue weighted by Crippen LogP contribution is 2.58. The second kappa shape index (κ2) is 9.51. The minimum atomic E-state index is -0.983. The summed E-state index contributed by atoms with van der Waals surface area (Å²) in [6.07, 6.45) is 4.26. The summed E-state index contributed by atoms with van der Waals surface area (Å²) >= 11 is 0. The maximum absolute atomic E-state index is 14.6. The van der Waals surface area contributed by atoms with E-state index >= 15 is 0 Å². The van der Waals surface area contributed by atoms with Crippen LogP contribution >= 0.6 is 0 Å². The van der Waals surface area contributed by atoms with Crippen LogP contribution in [-0.4, -0.2) is 26.3 Å². The third kappa shape index (κ3) is 3.88. The van der Waals surface area contributed by atoms with Crippen molar-refractivity contribution in [2.45, 2.75) is 24.9 Å². The van der Waals surface area contributed by atoms with Crippen molar-refractivity contribution >= 4 is 22.5 Å². The van der Waals surface area contributed by atoms with E-state index in [2.05, 4.69) is 67.3 Å². The number of benzene rings is 5. The molecule has 5 heteroatoms. The van der Waals surface area contributed by atoms with Crippen LogP contribution in [0, 0.1) is 11.6 Å². The molecular formula is C38H31F2NO2. The van der Waals surface area contributed by atoms with Crippen LogP contribution in [0.4, 0.5) is 14.5 Å². The van der Waals surface area contributed by atoms with Crippen molar-refractivity contribution in [3.05, 3.63) is 137 Å². The molecule has 43 heavy (non-hydrogen) atoms. The lowest BCUT2D eigenvalue weighted by molar-refractivity contribution is 0.122. The van der Waals surface area contributed by atoms with Crippen LogP contribution in [-0.2, 0) is 15.8 Å². The molecular weight excluding hydrogens is 540 g/mol. The molecule has 0 aromatic heterocycles. The van der Waals surface area contributed by atoms with Gasteiger partial charge in [-0.25, -0.2) is 8.78 Å². The Kier molecular flexibility index (Phi) is 5.79. The zero-order valence-electron chi connectivity index (χ0n) is 24.2. The molecule has 0 N–H and O–H groups in total. The Morgan fingerprint density at radius 3 is 2.12 bits per heavy atom. The number of morpholine rings is 1. The van der Waals surface area contributed by atoms with E-state index in [0.29, 0.717) is 13.2 Å². The number of hydrogen-bond donors (Lipinski definition) is 0. The number of rotatable bonds is 3. The van der Waals surface area contributed by atoms with E-state index in [1.54, 1.807) is 24.3 Å². The van der Waals surface area contributed by atoms with Gasteiger partial charge in [0.2, 0.25) is 0 Å². The van der Waals surface area contributed by atoms with Crippen LogP contribution < -0.4 is 9.64 Å². The van der Waals surface area contributed by atoms with Crippen molar-refractivity contribution in [2.24, 2.45) is 0 Å². The zero-order chi connectivity index (χ0) is 29.3. The number of anilines is 1. The van der Waals surface area contributed by atoms with E-state index in [9.17, 15) is 8.78 Å². The normalized spacial score (nSPS) is 20.0. The van der Waals surface area contributed by atoms with Crippen molar-refractivity contribution in [3.8, 4) is 16.9 Å². The van der Waals surface area contributed by atoms with E-state index in [-0.39, 0.29) is 11.6 Å². The van der Waals surface area contributed by atoms with Crippen molar-refractivity contribution in [3.63, 3.8) is 0 Å². The van der Waals surface area contributed by atoms with E-state index in [1.165, 1.54) is 12.1 Å². The third-order valence-corrected chi connectivity index (χ3v) is 9.45. The van der Waals surface area contributed by atoms with E-state index < -0.39 is 11.0 Å². The van der Waals surface area contributed by atoms with Crippen LogP contribution in [0.15, 0.2) is 97.1 Å². The van der Waals surface area contributed by atoms with Crippen LogP contribution in [0.3, 0.4) is 0 Å². The van der Waals surface area contributed by atoms with Crippen LogP contribution in [0.5, 0.6) is 5.75 Å². The first-order valence-corrected chi connectivity index (χ1v) is 14.8. The van der Waals surface area contributed by atoms with Crippen LogP contribution in [0.25, 0.3) is 28.0 Å². The van der Waals surface area contributed by atoms with E-state index in [4.69, 9.17) is 9.47 Å². The van der Waals surface area contributed by atoms with Crippen LogP contribution in [0.2, 0.25) is 0 Å². The Morgan fingerprint density at radius 1 is 0.744 bits per heavy atom. The quantitative estimate of drug-likeness (QED) is 0.216. The number of ether oxygens (including phenoxy) is 2.